The summed E-state index contributed by atoms with van der Waals surface area (Å²) in [5.74, 6) is -0.491. The van der Waals surface area contributed by atoms with Gasteiger partial charge in [-0.05, 0) is 19.4 Å². The average molecular weight is 295 g/mol. The summed E-state index contributed by atoms with van der Waals surface area (Å²) in [6.45, 7) is 4.34. The Kier molecular flexibility index (Phi) is 6.17. The van der Waals surface area contributed by atoms with Crippen LogP contribution in [-0.4, -0.2) is 35.4 Å². The van der Waals surface area contributed by atoms with Crippen LogP contribution in [0.3, 0.4) is 0 Å². The van der Waals surface area contributed by atoms with Crippen molar-refractivity contribution in [2.24, 2.45) is 0 Å². The van der Waals surface area contributed by atoms with E-state index >= 15 is 0 Å². The van der Waals surface area contributed by atoms with E-state index in [9.17, 15) is 14.7 Å². The van der Waals surface area contributed by atoms with E-state index in [1.807, 2.05) is 30.3 Å². The van der Waals surface area contributed by atoms with Gasteiger partial charge < -0.3 is 19.9 Å². The van der Waals surface area contributed by atoms with Gasteiger partial charge >= 0.3 is 12.1 Å². The van der Waals surface area contributed by atoms with Gasteiger partial charge in [0, 0.05) is 6.92 Å². The number of ether oxygens (including phenoxy) is 2. The number of alkyl carbamates (subject to hydrolysis) is 1. The van der Waals surface area contributed by atoms with Crippen molar-refractivity contribution in [1.29, 1.82) is 0 Å². The van der Waals surface area contributed by atoms with Gasteiger partial charge in [-0.2, -0.15) is 0 Å². The topological polar surface area (TPSA) is 84.9 Å². The molecule has 6 heteroatoms. The van der Waals surface area contributed by atoms with E-state index < -0.39 is 23.8 Å². The fourth-order valence-corrected chi connectivity index (χ4v) is 1.54. The first-order valence-corrected chi connectivity index (χ1v) is 6.65. The lowest BCUT2D eigenvalue weighted by Gasteiger charge is -2.29. The molecule has 0 saturated heterocycles. The summed E-state index contributed by atoms with van der Waals surface area (Å²) in [7, 11) is 0. The zero-order valence-electron chi connectivity index (χ0n) is 12.5. The molecule has 2 N–H and O–H groups in total. The zero-order valence-corrected chi connectivity index (χ0v) is 12.5. The Morgan fingerprint density at radius 1 is 1.33 bits per heavy atom. The number of nitrogens with one attached hydrogen (secondary N) is 1. The predicted molar refractivity (Wildman–Crippen MR) is 76.5 cm³/mol. The van der Waals surface area contributed by atoms with Crippen LogP contribution in [0.15, 0.2) is 30.3 Å². The monoisotopic (exact) mass is 295 g/mol. The number of amides is 1. The number of rotatable bonds is 6. The minimum absolute atomic E-state index is 0.0882. The summed E-state index contributed by atoms with van der Waals surface area (Å²) in [6.07, 6.45) is -1.39. The van der Waals surface area contributed by atoms with Gasteiger partial charge in [0.15, 0.2) is 0 Å². The van der Waals surface area contributed by atoms with E-state index in [0.29, 0.717) is 0 Å². The normalized spacial score (nSPS) is 14.7. The van der Waals surface area contributed by atoms with Gasteiger partial charge in [0.2, 0.25) is 0 Å². The van der Waals surface area contributed by atoms with Crippen LogP contribution >= 0.6 is 0 Å². The third kappa shape index (κ3) is 6.27. The molecular formula is C15H21NO5. The lowest BCUT2D eigenvalue weighted by molar-refractivity contribution is -0.158. The first-order chi connectivity index (χ1) is 9.81. The quantitative estimate of drug-likeness (QED) is 0.779. The highest BCUT2D eigenvalue weighted by atomic mass is 16.6. The van der Waals surface area contributed by atoms with Crippen molar-refractivity contribution in [2.45, 2.75) is 39.1 Å². The van der Waals surface area contributed by atoms with Crippen molar-refractivity contribution in [2.75, 3.05) is 6.54 Å². The summed E-state index contributed by atoms with van der Waals surface area (Å²) in [4.78, 5) is 22.4. The number of esters is 1. The molecule has 21 heavy (non-hydrogen) atoms. The van der Waals surface area contributed by atoms with E-state index in [4.69, 9.17) is 9.47 Å². The number of hydrogen-bond donors (Lipinski definition) is 2. The summed E-state index contributed by atoms with van der Waals surface area (Å²) in [5.41, 5.74) is -0.509. The Morgan fingerprint density at radius 3 is 2.52 bits per heavy atom. The van der Waals surface area contributed by atoms with Gasteiger partial charge in [0.1, 0.15) is 18.3 Å². The Bertz CT molecular complexity index is 472. The average Bonchev–Trinajstić information content (AvgIpc) is 2.43. The zero-order chi connectivity index (χ0) is 15.9. The first kappa shape index (κ1) is 17.0. The molecule has 116 valence electrons. The molecule has 1 aromatic rings. The Hall–Kier alpha value is -2.08. The number of aliphatic hydroxyl groups is 1. The van der Waals surface area contributed by atoms with Crippen LogP contribution in [-0.2, 0) is 20.9 Å². The SMILES string of the molecule is CC(=O)O[C@H](C)[C@@](C)(O)CNC(=O)OCc1ccccc1. The molecular weight excluding hydrogens is 274 g/mol. The van der Waals surface area contributed by atoms with Crippen molar-refractivity contribution in [3.63, 3.8) is 0 Å². The first-order valence-electron chi connectivity index (χ1n) is 6.65. The third-order valence-electron chi connectivity index (χ3n) is 3.02. The largest absolute Gasteiger partial charge is 0.460 e. The van der Waals surface area contributed by atoms with Crippen molar-refractivity contribution < 1.29 is 24.2 Å². The highest BCUT2D eigenvalue weighted by Crippen LogP contribution is 2.12. The fraction of sp³-hybridized carbons (Fsp3) is 0.467. The van der Waals surface area contributed by atoms with E-state index in [1.165, 1.54) is 13.8 Å². The second-order valence-corrected chi connectivity index (χ2v) is 5.02. The highest BCUT2D eigenvalue weighted by Gasteiger charge is 2.31. The molecule has 0 saturated carbocycles. The van der Waals surface area contributed by atoms with E-state index in [-0.39, 0.29) is 13.2 Å². The maximum atomic E-state index is 11.6. The number of hydrogen-bond acceptors (Lipinski definition) is 5. The van der Waals surface area contributed by atoms with Crippen LogP contribution < -0.4 is 5.32 Å². The lowest BCUT2D eigenvalue weighted by atomic mass is 10.0. The van der Waals surface area contributed by atoms with Crippen molar-refractivity contribution in [1.82, 2.24) is 5.32 Å². The van der Waals surface area contributed by atoms with Gasteiger partial charge in [-0.15, -0.1) is 0 Å². The van der Waals surface area contributed by atoms with Gasteiger partial charge in [-0.3, -0.25) is 4.79 Å². The Labute approximate surface area is 124 Å². The van der Waals surface area contributed by atoms with E-state index in [1.54, 1.807) is 6.92 Å². The smallest absolute Gasteiger partial charge is 0.407 e. The lowest BCUT2D eigenvalue weighted by Crippen LogP contribution is -2.49. The van der Waals surface area contributed by atoms with E-state index in [0.717, 1.165) is 5.56 Å². The molecule has 0 fully saturated rings. The van der Waals surface area contributed by atoms with Crippen LogP contribution in [0.2, 0.25) is 0 Å². The van der Waals surface area contributed by atoms with Crippen molar-refractivity contribution in [3.05, 3.63) is 35.9 Å². The summed E-state index contributed by atoms with van der Waals surface area (Å²) in [6, 6.07) is 9.25. The van der Waals surface area contributed by atoms with Crippen LogP contribution in [0, 0.1) is 0 Å². The maximum absolute atomic E-state index is 11.6. The van der Waals surface area contributed by atoms with Gasteiger partial charge in [0.25, 0.3) is 0 Å². The second-order valence-electron chi connectivity index (χ2n) is 5.02. The van der Waals surface area contributed by atoms with Crippen molar-refractivity contribution >= 4 is 12.1 Å². The molecule has 0 aliphatic heterocycles. The Balaban J connectivity index is 2.36. The molecule has 0 aliphatic carbocycles. The highest BCUT2D eigenvalue weighted by molar-refractivity contribution is 5.67. The molecule has 1 aromatic carbocycles. The minimum Gasteiger partial charge on any atom is -0.460 e. The van der Waals surface area contributed by atoms with Crippen LogP contribution in [0.1, 0.15) is 26.3 Å². The molecule has 0 aromatic heterocycles. The van der Waals surface area contributed by atoms with Crippen LogP contribution in [0.25, 0.3) is 0 Å². The fourth-order valence-electron chi connectivity index (χ4n) is 1.54. The van der Waals surface area contributed by atoms with Crippen LogP contribution in [0.4, 0.5) is 4.79 Å². The molecule has 0 radical (unpaired) electrons. The van der Waals surface area contributed by atoms with Gasteiger partial charge in [0.05, 0.1) is 6.54 Å². The molecule has 0 bridgehead atoms. The molecule has 0 aliphatic rings. The molecule has 0 spiro atoms. The number of carbonyl (C=O) groups is 2. The maximum Gasteiger partial charge on any atom is 0.407 e. The minimum atomic E-state index is -1.38. The number of benzene rings is 1. The standard InChI is InChI=1S/C15H21NO5/c1-11(21-12(2)17)15(3,19)10-16-14(18)20-9-13-7-5-4-6-8-13/h4-8,11,19H,9-10H2,1-3H3,(H,16,18)/t11-,15+/m1/s1. The van der Waals surface area contributed by atoms with Gasteiger partial charge in [-0.25, -0.2) is 4.79 Å². The summed E-state index contributed by atoms with van der Waals surface area (Å²) in [5, 5.41) is 12.6. The molecule has 2 atom stereocenters. The molecule has 1 amide bonds. The molecule has 0 unspecified atom stereocenters. The number of carbonyl (C=O) groups excluding carboxylic acids is 2. The van der Waals surface area contributed by atoms with Crippen molar-refractivity contribution in [3.8, 4) is 0 Å². The van der Waals surface area contributed by atoms with Gasteiger partial charge in [-0.1, -0.05) is 30.3 Å². The van der Waals surface area contributed by atoms with Crippen LogP contribution in [0.5, 0.6) is 0 Å². The molecule has 1 rings (SSSR count). The molecule has 0 heterocycles. The summed E-state index contributed by atoms with van der Waals surface area (Å²) >= 11 is 0. The third-order valence-corrected chi connectivity index (χ3v) is 3.02. The Morgan fingerprint density at radius 2 is 1.95 bits per heavy atom. The predicted octanol–water partition coefficient (Wildman–Crippen LogP) is 1.62. The molecule has 6 nitrogen and oxygen atoms in total. The second kappa shape index (κ2) is 7.64. The summed E-state index contributed by atoms with van der Waals surface area (Å²) < 4.78 is 9.91. The van der Waals surface area contributed by atoms with E-state index in [2.05, 4.69) is 5.32 Å².